The molecule has 1 aromatic heterocycles. The topological polar surface area (TPSA) is 81.5 Å². The van der Waals surface area contributed by atoms with E-state index in [4.69, 9.17) is 16.3 Å². The molecule has 0 bridgehead atoms. The summed E-state index contributed by atoms with van der Waals surface area (Å²) < 4.78 is 83.6. The summed E-state index contributed by atoms with van der Waals surface area (Å²) in [6, 6.07) is 7.08. The lowest BCUT2D eigenvalue weighted by molar-refractivity contribution is -0.189. The van der Waals surface area contributed by atoms with E-state index in [0.29, 0.717) is 16.3 Å². The van der Waals surface area contributed by atoms with E-state index in [0.717, 1.165) is 31.4 Å². The summed E-state index contributed by atoms with van der Waals surface area (Å²) >= 11 is 5.93. The Morgan fingerprint density at radius 2 is 1.89 bits per heavy atom. The fraction of sp³-hybridized carbons (Fsp3) is 0.273. The third-order valence-corrected chi connectivity index (χ3v) is 6.74. The number of sulfone groups is 1. The maximum absolute atomic E-state index is 14.2. The number of rotatable bonds is 5. The van der Waals surface area contributed by atoms with Crippen LogP contribution in [0.15, 0.2) is 47.5 Å². The van der Waals surface area contributed by atoms with Crippen LogP contribution in [-0.2, 0) is 22.9 Å². The Labute approximate surface area is 202 Å². The summed E-state index contributed by atoms with van der Waals surface area (Å²) in [7, 11) is -3.75. The van der Waals surface area contributed by atoms with Gasteiger partial charge in [0.1, 0.15) is 17.3 Å². The number of alkyl halides is 3. The van der Waals surface area contributed by atoms with Crippen LogP contribution in [0.2, 0.25) is 5.02 Å². The fourth-order valence-electron chi connectivity index (χ4n) is 3.52. The average Bonchev–Trinajstić information content (AvgIpc) is 3.33. The van der Waals surface area contributed by atoms with Crippen LogP contribution in [0.3, 0.4) is 0 Å². The number of ether oxygens (including phenoxy) is 1. The Kier molecular flexibility index (Phi) is 6.30. The molecule has 35 heavy (non-hydrogen) atoms. The maximum Gasteiger partial charge on any atom is 0.425 e. The largest absolute Gasteiger partial charge is 0.480 e. The van der Waals surface area contributed by atoms with Gasteiger partial charge < -0.3 is 9.64 Å². The van der Waals surface area contributed by atoms with Crippen molar-refractivity contribution in [2.45, 2.75) is 37.2 Å². The quantitative estimate of drug-likeness (QED) is 0.451. The van der Waals surface area contributed by atoms with Crippen LogP contribution < -0.4 is 4.74 Å². The number of amides is 1. The van der Waals surface area contributed by atoms with Crippen molar-refractivity contribution in [3.05, 3.63) is 70.3 Å². The highest BCUT2D eigenvalue weighted by Crippen LogP contribution is 2.32. The number of hydrogen-bond donors (Lipinski definition) is 0. The van der Waals surface area contributed by atoms with E-state index in [2.05, 4.69) is 5.10 Å². The molecular formula is C22H18ClF4N3O4S. The molecule has 2 heterocycles. The van der Waals surface area contributed by atoms with Crippen LogP contribution in [0, 0.1) is 5.82 Å². The molecule has 1 aliphatic heterocycles. The van der Waals surface area contributed by atoms with E-state index in [1.807, 2.05) is 0 Å². The van der Waals surface area contributed by atoms with Crippen molar-refractivity contribution >= 4 is 27.3 Å². The molecule has 1 amide bonds. The third kappa shape index (κ3) is 5.13. The minimum Gasteiger partial charge on any atom is -0.480 e. The van der Waals surface area contributed by atoms with Gasteiger partial charge in [-0.3, -0.25) is 4.79 Å². The zero-order valence-electron chi connectivity index (χ0n) is 18.3. The number of aromatic nitrogens is 2. The molecule has 7 nitrogen and oxygen atoms in total. The Hall–Kier alpha value is -3.12. The Balaban J connectivity index is 1.63. The van der Waals surface area contributed by atoms with Crippen molar-refractivity contribution in [3.8, 4) is 11.4 Å². The molecule has 0 aliphatic carbocycles. The van der Waals surface area contributed by atoms with Gasteiger partial charge in [0.25, 0.3) is 5.91 Å². The molecule has 0 spiro atoms. The van der Waals surface area contributed by atoms with E-state index < -0.39 is 39.6 Å². The fourth-order valence-corrected chi connectivity index (χ4v) is 4.33. The molecule has 0 saturated heterocycles. The maximum atomic E-state index is 14.2. The molecule has 186 valence electrons. The Morgan fingerprint density at radius 3 is 2.51 bits per heavy atom. The molecule has 1 aliphatic rings. The third-order valence-electron chi connectivity index (χ3n) is 5.40. The van der Waals surface area contributed by atoms with Crippen molar-refractivity contribution in [1.29, 1.82) is 0 Å². The zero-order chi connectivity index (χ0) is 25.7. The summed E-state index contributed by atoms with van der Waals surface area (Å²) in [6.07, 6.45) is -4.49. The molecule has 0 saturated carbocycles. The molecular weight excluding hydrogens is 514 g/mol. The summed E-state index contributed by atoms with van der Waals surface area (Å²) in [6.45, 7) is 0.774. The molecule has 0 fully saturated rings. The summed E-state index contributed by atoms with van der Waals surface area (Å²) in [4.78, 5) is 14.3. The number of halogens is 5. The average molecular weight is 532 g/mol. The van der Waals surface area contributed by atoms with Crippen molar-refractivity contribution in [1.82, 2.24) is 14.7 Å². The molecule has 13 heteroatoms. The first-order chi connectivity index (χ1) is 16.2. The second-order valence-electron chi connectivity index (χ2n) is 8.03. The number of nitrogens with zero attached hydrogens (tertiary/aromatic N) is 3. The van der Waals surface area contributed by atoms with Gasteiger partial charge in [0.2, 0.25) is 0 Å². The van der Waals surface area contributed by atoms with Crippen LogP contribution in [0.25, 0.3) is 5.69 Å². The van der Waals surface area contributed by atoms with Crippen molar-refractivity contribution in [3.63, 3.8) is 0 Å². The molecule has 4 rings (SSSR count). The van der Waals surface area contributed by atoms with Crippen LogP contribution >= 0.6 is 11.6 Å². The summed E-state index contributed by atoms with van der Waals surface area (Å²) in [5, 5.41) is 4.60. The Bertz CT molecular complexity index is 1400. The van der Waals surface area contributed by atoms with Crippen LogP contribution in [0.4, 0.5) is 17.6 Å². The van der Waals surface area contributed by atoms with Gasteiger partial charge in [-0.1, -0.05) is 11.6 Å². The molecule has 0 N–H and O–H groups in total. The molecule has 1 unspecified atom stereocenters. The van der Waals surface area contributed by atoms with Gasteiger partial charge in [-0.25, -0.2) is 17.5 Å². The first-order valence-electron chi connectivity index (χ1n) is 10.1. The molecule has 1 atom stereocenters. The summed E-state index contributed by atoms with van der Waals surface area (Å²) in [5.41, 5.74) is 0.816. The van der Waals surface area contributed by atoms with E-state index in [-0.39, 0.29) is 29.2 Å². The number of carbonyl (C=O) groups excluding carboxylic acids is 1. The Morgan fingerprint density at radius 1 is 1.17 bits per heavy atom. The first-order valence-corrected chi connectivity index (χ1v) is 12.4. The standard InChI is InChI=1S/C22H18ClF4N3O4S/c1-12(22(25,26)27)34-20-6-4-15(35(2,32)33)8-16(20)21(31)29-9-13-10-30(28-18(13)11-29)19-7-14(23)3-5-17(19)24/h3-8,10,12H,9,11H2,1-2H3. The second-order valence-corrected chi connectivity index (χ2v) is 10.5. The highest BCUT2D eigenvalue weighted by molar-refractivity contribution is 7.90. The lowest BCUT2D eigenvalue weighted by Crippen LogP contribution is -2.33. The second kappa shape index (κ2) is 8.83. The highest BCUT2D eigenvalue weighted by atomic mass is 35.5. The van der Waals surface area contributed by atoms with E-state index in [1.54, 1.807) is 0 Å². The minimum atomic E-state index is -4.70. The lowest BCUT2D eigenvalue weighted by Gasteiger charge is -2.22. The monoisotopic (exact) mass is 531 g/mol. The number of carbonyl (C=O) groups is 1. The van der Waals surface area contributed by atoms with Crippen molar-refractivity contribution in [2.75, 3.05) is 6.26 Å². The number of hydrogen-bond acceptors (Lipinski definition) is 5. The van der Waals surface area contributed by atoms with Gasteiger partial charge in [-0.2, -0.15) is 18.3 Å². The number of benzene rings is 2. The van der Waals surface area contributed by atoms with Crippen LogP contribution in [-0.4, -0.2) is 47.5 Å². The molecule has 2 aromatic carbocycles. The van der Waals surface area contributed by atoms with Gasteiger partial charge in [0, 0.05) is 29.6 Å². The van der Waals surface area contributed by atoms with Gasteiger partial charge >= 0.3 is 6.18 Å². The first kappa shape index (κ1) is 25.0. The summed E-state index contributed by atoms with van der Waals surface area (Å²) in [5.74, 6) is -1.69. The normalized spacial score (nSPS) is 14.7. The van der Waals surface area contributed by atoms with Crippen LogP contribution in [0.1, 0.15) is 28.5 Å². The van der Waals surface area contributed by atoms with Crippen molar-refractivity contribution in [2.24, 2.45) is 0 Å². The van der Waals surface area contributed by atoms with E-state index >= 15 is 0 Å². The van der Waals surface area contributed by atoms with Crippen LogP contribution in [0.5, 0.6) is 5.75 Å². The predicted molar refractivity (Wildman–Crippen MR) is 118 cm³/mol. The van der Waals surface area contributed by atoms with Gasteiger partial charge in [-0.15, -0.1) is 0 Å². The van der Waals surface area contributed by atoms with Gasteiger partial charge in [-0.05, 0) is 43.3 Å². The SMILES string of the molecule is CC(Oc1ccc(S(C)(=O)=O)cc1C(=O)N1Cc2cn(-c3cc(Cl)ccc3F)nc2C1)C(F)(F)F. The molecule has 3 aromatic rings. The minimum absolute atomic E-state index is 0.0215. The van der Waals surface area contributed by atoms with Gasteiger partial charge in [0.05, 0.1) is 22.7 Å². The van der Waals surface area contributed by atoms with Crippen molar-refractivity contribution < 1.29 is 35.5 Å². The molecule has 0 radical (unpaired) electrons. The lowest BCUT2D eigenvalue weighted by atomic mass is 10.1. The van der Waals surface area contributed by atoms with E-state index in [1.165, 1.54) is 34.0 Å². The smallest absolute Gasteiger partial charge is 0.425 e. The number of fused-ring (bicyclic) bond motifs is 1. The highest BCUT2D eigenvalue weighted by Gasteiger charge is 2.39. The zero-order valence-corrected chi connectivity index (χ0v) is 19.9. The predicted octanol–water partition coefficient (Wildman–Crippen LogP) is 4.55. The van der Waals surface area contributed by atoms with E-state index in [9.17, 15) is 30.8 Å². The van der Waals surface area contributed by atoms with Gasteiger partial charge in [0.15, 0.2) is 15.9 Å².